The molecule has 0 aliphatic carbocycles. The second-order valence-corrected chi connectivity index (χ2v) is 9.48. The summed E-state index contributed by atoms with van der Waals surface area (Å²) in [5, 5.41) is 0. The number of nitrogens with zero attached hydrogens (tertiary/aromatic N) is 2. The van der Waals surface area contributed by atoms with Crippen molar-refractivity contribution < 1.29 is 24.2 Å². The molecule has 0 unspecified atom stereocenters. The third-order valence-electron chi connectivity index (χ3n) is 6.33. The van der Waals surface area contributed by atoms with Gasteiger partial charge in [-0.05, 0) is 52.5 Å². The Morgan fingerprint density at radius 1 is 0.634 bits per heavy atom. The van der Waals surface area contributed by atoms with E-state index >= 15 is 0 Å². The van der Waals surface area contributed by atoms with Gasteiger partial charge in [0, 0.05) is 36.6 Å². The molecule has 2 heterocycles. The molecule has 0 amide bonds. The summed E-state index contributed by atoms with van der Waals surface area (Å²) in [5.41, 5.74) is 7.91. The SMILES string of the molecule is [2H]C(C)(C)c1ccnc(-c2[c-]ccc(-c3ccccc3)c2)c1.[2H]C([2H])(c1ccccc1)c1ccnc(-c2[c-]cccc2)c1.[Ir]. The van der Waals surface area contributed by atoms with Gasteiger partial charge in [0.1, 0.15) is 0 Å². The smallest absolute Gasteiger partial charge is 0.0365 e. The molecule has 0 aliphatic rings. The van der Waals surface area contributed by atoms with Crippen LogP contribution in [0.2, 0.25) is 0 Å². The van der Waals surface area contributed by atoms with Crippen molar-refractivity contribution in [2.24, 2.45) is 0 Å². The molecule has 205 valence electrons. The molecule has 0 fully saturated rings. The second-order valence-electron chi connectivity index (χ2n) is 9.48. The summed E-state index contributed by atoms with van der Waals surface area (Å²) in [4.78, 5) is 8.76. The summed E-state index contributed by atoms with van der Waals surface area (Å²) in [6.45, 7) is 3.77. The first-order valence-corrected chi connectivity index (χ1v) is 13.2. The van der Waals surface area contributed by atoms with E-state index < -0.39 is 12.3 Å². The maximum Gasteiger partial charge on any atom is 0.0365 e. The van der Waals surface area contributed by atoms with Crippen molar-refractivity contribution >= 4 is 0 Å². The first kappa shape index (κ1) is 25.8. The number of benzene rings is 4. The van der Waals surface area contributed by atoms with Crippen LogP contribution in [0.5, 0.6) is 0 Å². The largest absolute Gasteiger partial charge is 0.305 e. The van der Waals surface area contributed by atoms with Gasteiger partial charge < -0.3 is 9.97 Å². The van der Waals surface area contributed by atoms with Gasteiger partial charge >= 0.3 is 0 Å². The summed E-state index contributed by atoms with van der Waals surface area (Å²) in [5.74, 6) is -0.630. The fourth-order valence-corrected chi connectivity index (χ4v) is 4.21. The molecule has 0 aliphatic heterocycles. The Hall–Kier alpha value is -4.17. The van der Waals surface area contributed by atoms with Gasteiger partial charge in [0.2, 0.25) is 0 Å². The Balaban J connectivity index is 0.000000197. The molecule has 2 nitrogen and oxygen atoms in total. The summed E-state index contributed by atoms with van der Waals surface area (Å²) >= 11 is 0. The van der Waals surface area contributed by atoms with E-state index in [9.17, 15) is 0 Å². The number of hydrogen-bond donors (Lipinski definition) is 0. The first-order chi connectivity index (χ1) is 20.7. The zero-order chi connectivity index (χ0) is 30.3. The Kier molecular flexibility index (Phi) is 9.43. The molecule has 6 rings (SSSR count). The third kappa shape index (κ3) is 8.41. The predicted octanol–water partition coefficient (Wildman–Crippen LogP) is 9.48. The quantitative estimate of drug-likeness (QED) is 0.161. The zero-order valence-electron chi connectivity index (χ0n) is 26.0. The molecule has 0 atom stereocenters. The molecule has 0 bridgehead atoms. The molecule has 2 aromatic heterocycles. The minimum absolute atomic E-state index is 0. The average Bonchev–Trinajstić information content (AvgIpc) is 3.06. The van der Waals surface area contributed by atoms with Crippen molar-refractivity contribution in [3.63, 3.8) is 0 Å². The summed E-state index contributed by atoms with van der Waals surface area (Å²) in [7, 11) is 0. The van der Waals surface area contributed by atoms with Crippen LogP contribution >= 0.6 is 0 Å². The summed E-state index contributed by atoms with van der Waals surface area (Å²) < 4.78 is 25.0. The molecule has 3 heteroatoms. The van der Waals surface area contributed by atoms with Gasteiger partial charge in [-0.2, -0.15) is 0 Å². The maximum absolute atomic E-state index is 8.40. The van der Waals surface area contributed by atoms with Crippen molar-refractivity contribution in [1.29, 1.82) is 0 Å². The minimum Gasteiger partial charge on any atom is -0.305 e. The Morgan fingerprint density at radius 2 is 1.29 bits per heavy atom. The van der Waals surface area contributed by atoms with Gasteiger partial charge in [0.25, 0.3) is 0 Å². The van der Waals surface area contributed by atoms with Crippen LogP contribution in [-0.2, 0) is 26.5 Å². The second kappa shape index (κ2) is 15.0. The van der Waals surface area contributed by atoms with Crippen LogP contribution in [0.15, 0.2) is 140 Å². The van der Waals surface area contributed by atoms with Crippen LogP contribution in [0.1, 0.15) is 40.5 Å². The molecule has 6 aromatic rings. The van der Waals surface area contributed by atoms with Crippen molar-refractivity contribution in [3.05, 3.63) is 169 Å². The van der Waals surface area contributed by atoms with E-state index in [1.807, 2.05) is 92.7 Å². The molecular weight excluding hydrogens is 677 g/mol. The van der Waals surface area contributed by atoms with Gasteiger partial charge in [-0.3, -0.25) is 0 Å². The predicted molar refractivity (Wildman–Crippen MR) is 166 cm³/mol. The molecular formula is C38H32IrN2-2. The molecule has 4 aromatic carbocycles. The van der Waals surface area contributed by atoms with Crippen LogP contribution in [0.3, 0.4) is 0 Å². The fourth-order valence-electron chi connectivity index (χ4n) is 4.21. The first-order valence-electron chi connectivity index (χ1n) is 14.7. The summed E-state index contributed by atoms with van der Waals surface area (Å²) in [6, 6.07) is 46.9. The topological polar surface area (TPSA) is 25.8 Å². The van der Waals surface area contributed by atoms with Crippen molar-refractivity contribution in [1.82, 2.24) is 9.97 Å². The van der Waals surface area contributed by atoms with E-state index in [-0.39, 0.29) is 20.1 Å². The standard InChI is InChI=1S/C20H18N.C18H14N.Ir/c1-15(2)17-11-12-21-20(14-17)19-10-6-9-18(13-19)16-7-4-3-5-8-16;1-3-7-15(8-4-1)13-16-11-12-19-18(14-16)17-9-5-2-6-10-17;/h3-9,11-15H,1-2H3;1-9,11-12,14H,13H2;/q2*-1;/i15D;13D2;. The van der Waals surface area contributed by atoms with E-state index in [1.54, 1.807) is 36.7 Å². The van der Waals surface area contributed by atoms with Crippen LogP contribution in [-0.4, -0.2) is 9.97 Å². The molecule has 0 saturated carbocycles. The molecule has 0 spiro atoms. The zero-order valence-corrected chi connectivity index (χ0v) is 25.4. The van der Waals surface area contributed by atoms with Crippen LogP contribution < -0.4 is 0 Å². The number of pyridine rings is 2. The van der Waals surface area contributed by atoms with E-state index in [4.69, 9.17) is 4.11 Å². The number of hydrogen-bond acceptors (Lipinski definition) is 2. The van der Waals surface area contributed by atoms with E-state index in [0.29, 0.717) is 11.1 Å². The third-order valence-corrected chi connectivity index (χ3v) is 6.33. The monoisotopic (exact) mass is 712 g/mol. The van der Waals surface area contributed by atoms with Crippen molar-refractivity contribution in [2.45, 2.75) is 26.1 Å². The van der Waals surface area contributed by atoms with Crippen LogP contribution in [0, 0.1) is 12.1 Å². The van der Waals surface area contributed by atoms with Gasteiger partial charge in [0.15, 0.2) is 0 Å². The van der Waals surface area contributed by atoms with Crippen LogP contribution in [0.4, 0.5) is 0 Å². The molecule has 41 heavy (non-hydrogen) atoms. The van der Waals surface area contributed by atoms with E-state index in [2.05, 4.69) is 46.4 Å². The van der Waals surface area contributed by atoms with Gasteiger partial charge in [-0.1, -0.05) is 92.2 Å². The molecule has 0 N–H and O–H groups in total. The molecule has 1 radical (unpaired) electrons. The number of rotatable bonds is 6. The van der Waals surface area contributed by atoms with Gasteiger partial charge in [0.05, 0.1) is 0 Å². The van der Waals surface area contributed by atoms with E-state index in [0.717, 1.165) is 33.6 Å². The van der Waals surface area contributed by atoms with Crippen molar-refractivity contribution in [2.75, 3.05) is 0 Å². The minimum atomic E-state index is -1.55. The number of aromatic nitrogens is 2. The maximum atomic E-state index is 8.40. The summed E-state index contributed by atoms with van der Waals surface area (Å²) in [6.07, 6.45) is 1.87. The fraction of sp³-hybridized carbons (Fsp3) is 0.105. The van der Waals surface area contributed by atoms with E-state index in [1.165, 1.54) is 5.56 Å². The Labute approximate surface area is 261 Å². The van der Waals surface area contributed by atoms with Crippen molar-refractivity contribution in [3.8, 4) is 33.6 Å². The molecule has 0 saturated heterocycles. The normalized spacial score (nSPS) is 12.0. The van der Waals surface area contributed by atoms with Gasteiger partial charge in [-0.25, -0.2) is 0 Å². The Morgan fingerprint density at radius 3 is 2.00 bits per heavy atom. The van der Waals surface area contributed by atoms with Gasteiger partial charge in [-0.15, -0.1) is 71.3 Å². The van der Waals surface area contributed by atoms with Crippen LogP contribution in [0.25, 0.3) is 33.6 Å². The Bertz CT molecular complexity index is 1770. The average molecular weight is 712 g/mol.